The van der Waals surface area contributed by atoms with Crippen LogP contribution < -0.4 is 10.6 Å². The van der Waals surface area contributed by atoms with Crippen LogP contribution in [-0.4, -0.2) is 29.0 Å². The molecule has 132 valence electrons. The smallest absolute Gasteiger partial charge is 0.228 e. The van der Waals surface area contributed by atoms with Crippen molar-refractivity contribution in [1.82, 2.24) is 15.3 Å². The molecule has 1 saturated heterocycles. The van der Waals surface area contributed by atoms with Crippen LogP contribution in [0.4, 0.5) is 5.69 Å². The summed E-state index contributed by atoms with van der Waals surface area (Å²) in [5.74, 6) is 1.15. The molecule has 1 amide bonds. The van der Waals surface area contributed by atoms with E-state index < -0.39 is 0 Å². The van der Waals surface area contributed by atoms with Crippen molar-refractivity contribution in [3.63, 3.8) is 0 Å². The first-order valence-electron chi connectivity index (χ1n) is 9.30. The minimum atomic E-state index is 0.161. The van der Waals surface area contributed by atoms with Crippen molar-refractivity contribution in [3.8, 4) is 11.4 Å². The van der Waals surface area contributed by atoms with E-state index in [0.717, 1.165) is 60.5 Å². The molecular weight excluding hydrogens is 324 g/mol. The Morgan fingerprint density at radius 1 is 1.12 bits per heavy atom. The molecule has 0 bridgehead atoms. The maximum atomic E-state index is 12.7. The molecule has 26 heavy (non-hydrogen) atoms. The second-order valence-electron chi connectivity index (χ2n) is 7.54. The predicted molar refractivity (Wildman–Crippen MR) is 103 cm³/mol. The number of rotatable bonds is 3. The van der Waals surface area contributed by atoms with E-state index in [1.165, 1.54) is 0 Å². The number of aromatic nitrogens is 2. The third-order valence-corrected chi connectivity index (χ3v) is 5.90. The van der Waals surface area contributed by atoms with Crippen molar-refractivity contribution >= 4 is 22.6 Å². The van der Waals surface area contributed by atoms with E-state index in [2.05, 4.69) is 20.6 Å². The fraction of sp³-hybridized carbons (Fsp3) is 0.333. The van der Waals surface area contributed by atoms with E-state index in [1.54, 1.807) is 0 Å². The molecule has 0 radical (unpaired) electrons. The highest BCUT2D eigenvalue weighted by atomic mass is 16.2. The first-order chi connectivity index (χ1) is 12.7. The lowest BCUT2D eigenvalue weighted by Gasteiger charge is -2.23. The Hall–Kier alpha value is -2.66. The molecule has 1 atom stereocenters. The highest BCUT2D eigenvalue weighted by molar-refractivity contribution is 5.95. The Morgan fingerprint density at radius 2 is 1.96 bits per heavy atom. The molecule has 1 aliphatic heterocycles. The van der Waals surface area contributed by atoms with Gasteiger partial charge in [-0.3, -0.25) is 4.79 Å². The van der Waals surface area contributed by atoms with Gasteiger partial charge in [0.05, 0.1) is 11.0 Å². The van der Waals surface area contributed by atoms with Gasteiger partial charge in [-0.1, -0.05) is 24.3 Å². The van der Waals surface area contributed by atoms with Crippen molar-refractivity contribution in [1.29, 1.82) is 0 Å². The van der Waals surface area contributed by atoms with Gasteiger partial charge in [0.1, 0.15) is 5.82 Å². The highest BCUT2D eigenvalue weighted by Gasteiger charge is 2.57. The summed E-state index contributed by atoms with van der Waals surface area (Å²) in [7, 11) is 0. The quantitative estimate of drug-likeness (QED) is 0.679. The molecule has 1 unspecified atom stereocenters. The van der Waals surface area contributed by atoms with E-state index in [0.29, 0.717) is 0 Å². The summed E-state index contributed by atoms with van der Waals surface area (Å²) in [6.45, 7) is 2.07. The summed E-state index contributed by atoms with van der Waals surface area (Å²) >= 11 is 0. The van der Waals surface area contributed by atoms with Crippen molar-refractivity contribution in [2.45, 2.75) is 19.3 Å². The molecule has 1 saturated carbocycles. The average molecular weight is 346 g/mol. The second-order valence-corrected chi connectivity index (χ2v) is 7.54. The summed E-state index contributed by atoms with van der Waals surface area (Å²) in [5.41, 5.74) is 4.03. The van der Waals surface area contributed by atoms with Gasteiger partial charge in [0.15, 0.2) is 0 Å². The Bertz CT molecular complexity index is 938. The molecule has 1 spiro atoms. The normalized spacial score (nSPS) is 21.0. The lowest BCUT2D eigenvalue weighted by atomic mass is 9.92. The van der Waals surface area contributed by atoms with Gasteiger partial charge in [-0.05, 0) is 62.0 Å². The molecule has 2 heterocycles. The Morgan fingerprint density at radius 3 is 2.81 bits per heavy atom. The van der Waals surface area contributed by atoms with Crippen LogP contribution in [0.25, 0.3) is 22.4 Å². The van der Waals surface area contributed by atoms with Gasteiger partial charge in [-0.25, -0.2) is 4.98 Å². The molecule has 1 aliphatic carbocycles. The molecule has 5 heteroatoms. The number of fused-ring (bicyclic) bond motifs is 1. The number of H-pyrrole nitrogens is 1. The van der Waals surface area contributed by atoms with Crippen LogP contribution in [0.3, 0.4) is 0 Å². The maximum absolute atomic E-state index is 12.7. The number of aromatic amines is 1. The summed E-state index contributed by atoms with van der Waals surface area (Å²) in [4.78, 5) is 20.7. The van der Waals surface area contributed by atoms with E-state index >= 15 is 0 Å². The number of hydrogen-bond donors (Lipinski definition) is 3. The van der Waals surface area contributed by atoms with Crippen molar-refractivity contribution in [3.05, 3.63) is 48.5 Å². The van der Waals surface area contributed by atoms with E-state index in [-0.39, 0.29) is 17.2 Å². The number of para-hydroxylation sites is 2. The van der Waals surface area contributed by atoms with Gasteiger partial charge in [0.2, 0.25) is 5.91 Å². The molecule has 2 aromatic carbocycles. The number of imidazole rings is 1. The first-order valence-corrected chi connectivity index (χ1v) is 9.30. The molecule has 2 fully saturated rings. The molecule has 1 aromatic heterocycles. The number of carbonyl (C=O) groups excluding carboxylic acids is 1. The minimum absolute atomic E-state index is 0.161. The molecule has 5 rings (SSSR count). The average Bonchev–Trinajstić information content (AvgIpc) is 3.18. The fourth-order valence-electron chi connectivity index (χ4n) is 4.26. The molecule has 5 nitrogen and oxygen atoms in total. The third kappa shape index (κ3) is 2.69. The Balaban J connectivity index is 1.34. The van der Waals surface area contributed by atoms with Crippen molar-refractivity contribution in [2.75, 3.05) is 18.4 Å². The standard InChI is InChI=1S/C21H22N4O/c26-20(16-13-21(16)8-10-22-11-9-21)23-15-5-3-4-14(12-15)19-24-17-6-1-2-7-18(17)25-19/h1-7,12,16,22H,8-11,13H2,(H,23,26)(H,24,25). The largest absolute Gasteiger partial charge is 0.338 e. The summed E-state index contributed by atoms with van der Waals surface area (Å²) < 4.78 is 0. The lowest BCUT2D eigenvalue weighted by Crippen LogP contribution is -2.31. The van der Waals surface area contributed by atoms with Crippen LogP contribution in [-0.2, 0) is 4.79 Å². The Kier molecular flexibility index (Phi) is 3.57. The zero-order valence-corrected chi connectivity index (χ0v) is 14.6. The number of amides is 1. The zero-order valence-electron chi connectivity index (χ0n) is 14.6. The molecular formula is C21H22N4O. The van der Waals surface area contributed by atoms with Gasteiger partial charge >= 0.3 is 0 Å². The third-order valence-electron chi connectivity index (χ3n) is 5.90. The van der Waals surface area contributed by atoms with Crippen LogP contribution in [0.15, 0.2) is 48.5 Å². The zero-order chi connectivity index (χ0) is 17.6. The molecule has 3 N–H and O–H groups in total. The van der Waals surface area contributed by atoms with E-state index in [9.17, 15) is 4.79 Å². The second kappa shape index (κ2) is 5.95. The van der Waals surface area contributed by atoms with E-state index in [1.807, 2.05) is 48.5 Å². The van der Waals surface area contributed by atoms with Crippen molar-refractivity contribution < 1.29 is 4.79 Å². The maximum Gasteiger partial charge on any atom is 0.228 e. The monoisotopic (exact) mass is 346 g/mol. The van der Waals surface area contributed by atoms with Crippen LogP contribution in [0, 0.1) is 11.3 Å². The number of carbonyl (C=O) groups is 1. The summed E-state index contributed by atoms with van der Waals surface area (Å²) in [6, 6.07) is 15.9. The number of nitrogens with zero attached hydrogens (tertiary/aromatic N) is 1. The van der Waals surface area contributed by atoms with Gasteiger partial charge < -0.3 is 15.6 Å². The van der Waals surface area contributed by atoms with Crippen LogP contribution in [0.2, 0.25) is 0 Å². The van der Waals surface area contributed by atoms with Crippen LogP contribution in [0.5, 0.6) is 0 Å². The number of piperidine rings is 1. The SMILES string of the molecule is O=C(Nc1cccc(-c2nc3ccccc3[nH]2)c1)C1CC12CCNCC2. The number of hydrogen-bond acceptors (Lipinski definition) is 3. The first kappa shape index (κ1) is 15.6. The number of nitrogens with one attached hydrogen (secondary N) is 3. The number of anilines is 1. The van der Waals surface area contributed by atoms with Crippen molar-refractivity contribution in [2.24, 2.45) is 11.3 Å². The Labute approximate surface area is 152 Å². The summed E-state index contributed by atoms with van der Waals surface area (Å²) in [6.07, 6.45) is 3.26. The van der Waals surface area contributed by atoms with Crippen LogP contribution >= 0.6 is 0 Å². The van der Waals surface area contributed by atoms with Gasteiger partial charge in [-0.15, -0.1) is 0 Å². The summed E-state index contributed by atoms with van der Waals surface area (Å²) in [5, 5.41) is 6.50. The minimum Gasteiger partial charge on any atom is -0.338 e. The highest BCUT2D eigenvalue weighted by Crippen LogP contribution is 2.58. The molecule has 3 aromatic rings. The fourth-order valence-corrected chi connectivity index (χ4v) is 4.26. The molecule has 2 aliphatic rings. The number of benzene rings is 2. The van der Waals surface area contributed by atoms with E-state index in [4.69, 9.17) is 0 Å². The van der Waals surface area contributed by atoms with Gasteiger partial charge in [0.25, 0.3) is 0 Å². The topological polar surface area (TPSA) is 69.8 Å². The van der Waals surface area contributed by atoms with Crippen LogP contribution in [0.1, 0.15) is 19.3 Å². The van der Waals surface area contributed by atoms with Gasteiger partial charge in [-0.2, -0.15) is 0 Å². The van der Waals surface area contributed by atoms with Gasteiger partial charge in [0, 0.05) is 17.2 Å². The predicted octanol–water partition coefficient (Wildman–Crippen LogP) is 3.56. The lowest BCUT2D eigenvalue weighted by molar-refractivity contribution is -0.118.